The second kappa shape index (κ2) is 14.7. The summed E-state index contributed by atoms with van der Waals surface area (Å²) in [6.45, 7) is 11.7. The molecule has 0 bridgehead atoms. The molecule has 0 spiro atoms. The van der Waals surface area contributed by atoms with E-state index < -0.39 is 120 Å². The van der Waals surface area contributed by atoms with Gasteiger partial charge in [0.05, 0.1) is 30.1 Å². The Labute approximate surface area is 334 Å². The average molecular weight is 811 g/mol. The molecule has 6 fully saturated rings. The van der Waals surface area contributed by atoms with Crippen LogP contribution in [0.15, 0.2) is 11.6 Å². The lowest BCUT2D eigenvalue weighted by Gasteiger charge is -2.70. The number of rotatable bonds is 7. The zero-order chi connectivity index (χ0) is 41.8. The Bertz CT molecular complexity index is 1580. The smallest absolute Gasteiger partial charge is 0.315 e. The number of fused-ring (bicyclic) bond motifs is 7. The van der Waals surface area contributed by atoms with E-state index in [0.717, 1.165) is 5.57 Å². The molecule has 5 aliphatic carbocycles. The molecule has 15 heteroatoms. The average Bonchev–Trinajstić information content (AvgIpc) is 3.15. The van der Waals surface area contributed by atoms with Crippen molar-refractivity contribution < 1.29 is 74.5 Å². The van der Waals surface area contributed by atoms with Crippen LogP contribution >= 0.6 is 0 Å². The lowest BCUT2D eigenvalue weighted by atomic mass is 9.33. The minimum absolute atomic E-state index is 0.0405. The zero-order valence-corrected chi connectivity index (χ0v) is 34.1. The number of esters is 1. The summed E-state index contributed by atoms with van der Waals surface area (Å²) in [6, 6.07) is 0. The van der Waals surface area contributed by atoms with Gasteiger partial charge in [-0.2, -0.15) is 0 Å². The van der Waals surface area contributed by atoms with Crippen LogP contribution in [0.3, 0.4) is 0 Å². The van der Waals surface area contributed by atoms with Gasteiger partial charge in [0, 0.05) is 0 Å². The number of allylic oxidation sites excluding steroid dienone is 1. The third kappa shape index (κ3) is 6.30. The van der Waals surface area contributed by atoms with Crippen molar-refractivity contribution in [1.29, 1.82) is 0 Å². The lowest BCUT2D eigenvalue weighted by Crippen LogP contribution is -2.68. The van der Waals surface area contributed by atoms with Crippen molar-refractivity contribution in [2.24, 2.45) is 50.2 Å². The van der Waals surface area contributed by atoms with Crippen molar-refractivity contribution >= 4 is 11.9 Å². The second-order valence-corrected chi connectivity index (χ2v) is 20.5. The van der Waals surface area contributed by atoms with Crippen molar-refractivity contribution in [2.45, 2.75) is 173 Å². The molecule has 2 heterocycles. The molecule has 15 nitrogen and oxygen atoms in total. The molecule has 7 rings (SSSR count). The van der Waals surface area contributed by atoms with Crippen molar-refractivity contribution in [1.82, 2.24) is 0 Å². The van der Waals surface area contributed by atoms with E-state index >= 15 is 0 Å². The quantitative estimate of drug-likeness (QED) is 0.100. The van der Waals surface area contributed by atoms with Gasteiger partial charge >= 0.3 is 11.9 Å². The predicted octanol–water partition coefficient (Wildman–Crippen LogP) is 1.38. The van der Waals surface area contributed by atoms with Crippen LogP contribution in [0.1, 0.15) is 106 Å². The minimum atomic E-state index is -1.75. The van der Waals surface area contributed by atoms with Gasteiger partial charge in [-0.1, -0.05) is 53.2 Å². The summed E-state index contributed by atoms with van der Waals surface area (Å²) >= 11 is 0. The normalized spacial score (nSPS) is 51.6. The van der Waals surface area contributed by atoms with Gasteiger partial charge in [-0.05, 0) is 104 Å². The van der Waals surface area contributed by atoms with Crippen LogP contribution in [0.25, 0.3) is 0 Å². The standard InChI is InChI=1S/C42H66O15/c1-37(2)13-14-41(36(53)57-34-32(50)30(48)28(46)23(19-44)55-34)15-16-42(35(51)52)20(21(41)17-37)7-8-25-39(5)11-10-26(38(3,4)24(39)9-12-40(25,42)6)56-33-31(49)29(47)27(45)22(18-43)54-33/h7,21-34,43-50H,8-19H2,1-6H3,(H,51,52)/t21-,22+,23+,24-,25+,26-,27+,28+,29-,30-,31+,32+,33-,34-,39-,40+,41-,42+/m0/s1. The van der Waals surface area contributed by atoms with Crippen LogP contribution in [0.4, 0.5) is 0 Å². The van der Waals surface area contributed by atoms with Gasteiger partial charge < -0.3 is 64.9 Å². The number of carbonyl (C=O) groups is 2. The van der Waals surface area contributed by atoms with Crippen molar-refractivity contribution in [2.75, 3.05) is 13.2 Å². The van der Waals surface area contributed by atoms with Gasteiger partial charge in [0.2, 0.25) is 6.29 Å². The van der Waals surface area contributed by atoms with E-state index in [1.54, 1.807) is 0 Å². The largest absolute Gasteiger partial charge is 0.481 e. The fourth-order valence-electron chi connectivity index (χ4n) is 13.7. The number of aliphatic carboxylic acids is 1. The Hall–Kier alpha value is -1.76. The van der Waals surface area contributed by atoms with Crippen LogP contribution in [0, 0.1) is 50.2 Å². The highest BCUT2D eigenvalue weighted by Crippen LogP contribution is 2.76. The summed E-state index contributed by atoms with van der Waals surface area (Å²) in [7, 11) is 0. The molecular formula is C42H66O15. The third-order valence-electron chi connectivity index (χ3n) is 17.0. The molecule has 2 aliphatic heterocycles. The van der Waals surface area contributed by atoms with Crippen LogP contribution in [-0.4, -0.2) is 139 Å². The fraction of sp³-hybridized carbons (Fsp3) is 0.905. The molecule has 9 N–H and O–H groups in total. The summed E-state index contributed by atoms with van der Waals surface area (Å²) in [6.07, 6.45) is -7.89. The number of ether oxygens (including phenoxy) is 4. The molecule has 0 aromatic rings. The van der Waals surface area contributed by atoms with Gasteiger partial charge in [0.1, 0.15) is 48.8 Å². The van der Waals surface area contributed by atoms with Gasteiger partial charge in [-0.25, -0.2) is 0 Å². The lowest BCUT2D eigenvalue weighted by molar-refractivity contribution is -0.330. The van der Waals surface area contributed by atoms with Gasteiger partial charge in [-0.3, -0.25) is 9.59 Å². The van der Waals surface area contributed by atoms with Crippen LogP contribution < -0.4 is 0 Å². The maximum Gasteiger partial charge on any atom is 0.315 e. The van der Waals surface area contributed by atoms with Crippen molar-refractivity contribution in [3.8, 4) is 0 Å². The molecule has 0 aromatic heterocycles. The third-order valence-corrected chi connectivity index (χ3v) is 17.0. The first-order chi connectivity index (χ1) is 26.6. The Morgan fingerprint density at radius 3 is 1.89 bits per heavy atom. The molecule has 7 aliphatic rings. The highest BCUT2D eigenvalue weighted by molar-refractivity contribution is 5.85. The van der Waals surface area contributed by atoms with E-state index in [1.807, 2.05) is 0 Å². The molecule has 57 heavy (non-hydrogen) atoms. The molecule has 0 aromatic carbocycles. The van der Waals surface area contributed by atoms with E-state index in [0.29, 0.717) is 51.4 Å². The molecule has 2 saturated heterocycles. The fourth-order valence-corrected chi connectivity index (χ4v) is 13.7. The zero-order valence-electron chi connectivity index (χ0n) is 34.1. The first kappa shape index (κ1) is 43.3. The number of hydrogen-bond donors (Lipinski definition) is 9. The molecule has 0 radical (unpaired) electrons. The van der Waals surface area contributed by atoms with Crippen LogP contribution in [0.5, 0.6) is 0 Å². The van der Waals surface area contributed by atoms with Gasteiger partial charge in [0.15, 0.2) is 6.29 Å². The first-order valence-corrected chi connectivity index (χ1v) is 21.0. The maximum atomic E-state index is 14.6. The van der Waals surface area contributed by atoms with E-state index in [4.69, 9.17) is 18.9 Å². The molecule has 324 valence electrons. The van der Waals surface area contributed by atoms with E-state index in [1.165, 1.54) is 0 Å². The minimum Gasteiger partial charge on any atom is -0.481 e. The van der Waals surface area contributed by atoms with Gasteiger partial charge in [-0.15, -0.1) is 0 Å². The Kier molecular flexibility index (Phi) is 11.2. The Morgan fingerprint density at radius 1 is 0.719 bits per heavy atom. The molecule has 0 amide bonds. The summed E-state index contributed by atoms with van der Waals surface area (Å²) in [4.78, 5) is 28.8. The molecule has 0 unspecified atom stereocenters. The number of aliphatic hydroxyl groups is 8. The number of carbonyl (C=O) groups excluding carboxylic acids is 1. The Morgan fingerprint density at radius 2 is 1.30 bits per heavy atom. The van der Waals surface area contributed by atoms with Crippen LogP contribution in [0.2, 0.25) is 0 Å². The monoisotopic (exact) mass is 810 g/mol. The summed E-state index contributed by atoms with van der Waals surface area (Å²) in [5, 5.41) is 94.3. The van der Waals surface area contributed by atoms with Crippen molar-refractivity contribution in [3.05, 3.63) is 11.6 Å². The number of aliphatic hydroxyl groups excluding tert-OH is 8. The molecular weight excluding hydrogens is 744 g/mol. The van der Waals surface area contributed by atoms with E-state index in [2.05, 4.69) is 47.6 Å². The second-order valence-electron chi connectivity index (χ2n) is 20.5. The van der Waals surface area contributed by atoms with E-state index in [9.17, 15) is 55.5 Å². The number of carboxylic acids is 1. The first-order valence-electron chi connectivity index (χ1n) is 21.0. The highest BCUT2D eigenvalue weighted by atomic mass is 16.7. The SMILES string of the molecule is CC1(C)CC[C@]2(C(=O)O[C@@H]3O[C@H](CO)[C@@H](O)[C@H](O)[C@H]3O)CC[C@]3(C(=O)O)C(=CC[C@@H]4[C@@]5(C)CC[C@H](O[C@@H]6O[C@H](CO)[C@@H](O)[C@H](O)[C@H]6O)C(C)(C)[C@@H]5CC[C@]43C)[C@@H]2C1. The maximum absolute atomic E-state index is 14.6. The predicted molar refractivity (Wildman–Crippen MR) is 200 cm³/mol. The highest BCUT2D eigenvalue weighted by Gasteiger charge is 2.73. The van der Waals surface area contributed by atoms with Crippen LogP contribution in [-0.2, 0) is 28.5 Å². The summed E-state index contributed by atoms with van der Waals surface area (Å²) in [5.41, 5.74) is -3.34. The van der Waals surface area contributed by atoms with E-state index in [-0.39, 0.29) is 35.5 Å². The Balaban J connectivity index is 1.20. The molecule has 4 saturated carbocycles. The van der Waals surface area contributed by atoms with Gasteiger partial charge in [0.25, 0.3) is 0 Å². The van der Waals surface area contributed by atoms with Crippen molar-refractivity contribution in [3.63, 3.8) is 0 Å². The summed E-state index contributed by atoms with van der Waals surface area (Å²) in [5.74, 6) is -1.99. The molecule has 18 atom stereocenters. The topological polar surface area (TPSA) is 253 Å². The number of hydrogen-bond acceptors (Lipinski definition) is 14. The number of carboxylic acid groups (broad SMARTS) is 1. The summed E-state index contributed by atoms with van der Waals surface area (Å²) < 4.78 is 23.7.